The highest BCUT2D eigenvalue weighted by Crippen LogP contribution is 2.29. The van der Waals surface area contributed by atoms with E-state index in [9.17, 15) is 8.42 Å². The SMILES string of the molecule is Cc1ccc(-n2cccn2)cc1S(=O)(=O)NC[C@@]1(C)CCN(C)C1. The van der Waals surface area contributed by atoms with Crippen LogP contribution in [0.1, 0.15) is 18.9 Å². The van der Waals surface area contributed by atoms with Crippen LogP contribution >= 0.6 is 0 Å². The first-order valence-corrected chi connectivity index (χ1v) is 9.56. The lowest BCUT2D eigenvalue weighted by Crippen LogP contribution is -2.37. The Hall–Kier alpha value is -1.70. The van der Waals surface area contributed by atoms with E-state index in [2.05, 4.69) is 28.7 Å². The standard InChI is InChI=1S/C17H24N4O2S/c1-14-5-6-15(21-9-4-8-18-21)11-16(14)24(22,23)19-12-17(2)7-10-20(3)13-17/h4-6,8-9,11,19H,7,10,12-13H2,1-3H3/t17-/m1/s1. The van der Waals surface area contributed by atoms with Gasteiger partial charge in [-0.25, -0.2) is 17.8 Å². The van der Waals surface area contributed by atoms with Crippen molar-refractivity contribution in [1.29, 1.82) is 0 Å². The number of benzene rings is 1. The Bertz CT molecular complexity index is 817. The van der Waals surface area contributed by atoms with Crippen molar-refractivity contribution in [3.8, 4) is 5.69 Å². The number of aromatic nitrogens is 2. The second-order valence-electron chi connectivity index (χ2n) is 7.02. The fourth-order valence-electron chi connectivity index (χ4n) is 3.20. The molecule has 0 amide bonds. The van der Waals surface area contributed by atoms with E-state index in [0.717, 1.165) is 30.8 Å². The molecule has 1 saturated heterocycles. The summed E-state index contributed by atoms with van der Waals surface area (Å²) in [6, 6.07) is 7.17. The van der Waals surface area contributed by atoms with Crippen molar-refractivity contribution < 1.29 is 8.42 Å². The van der Waals surface area contributed by atoms with Gasteiger partial charge in [-0.15, -0.1) is 0 Å². The number of rotatable bonds is 5. The molecule has 0 aliphatic carbocycles. The molecule has 1 fully saturated rings. The molecule has 0 radical (unpaired) electrons. The van der Waals surface area contributed by atoms with E-state index in [4.69, 9.17) is 0 Å². The molecule has 0 unspecified atom stereocenters. The molecule has 0 spiro atoms. The van der Waals surface area contributed by atoms with E-state index in [-0.39, 0.29) is 5.41 Å². The second-order valence-corrected chi connectivity index (χ2v) is 8.76. The van der Waals surface area contributed by atoms with Gasteiger partial charge in [0.25, 0.3) is 0 Å². The van der Waals surface area contributed by atoms with Gasteiger partial charge in [0.2, 0.25) is 10.0 Å². The van der Waals surface area contributed by atoms with Crippen LogP contribution in [-0.4, -0.2) is 49.8 Å². The van der Waals surface area contributed by atoms with Gasteiger partial charge >= 0.3 is 0 Å². The first-order valence-electron chi connectivity index (χ1n) is 8.08. The van der Waals surface area contributed by atoms with E-state index in [1.54, 1.807) is 23.1 Å². The van der Waals surface area contributed by atoms with Crippen LogP contribution in [0.25, 0.3) is 5.69 Å². The zero-order chi connectivity index (χ0) is 17.4. The van der Waals surface area contributed by atoms with Crippen molar-refractivity contribution >= 4 is 10.0 Å². The Morgan fingerprint density at radius 1 is 1.38 bits per heavy atom. The predicted octanol–water partition coefficient (Wildman–Crippen LogP) is 1.80. The highest BCUT2D eigenvalue weighted by Gasteiger charge is 2.33. The first kappa shape index (κ1) is 17.1. The lowest BCUT2D eigenvalue weighted by molar-refractivity contribution is 0.310. The van der Waals surface area contributed by atoms with Gasteiger partial charge in [-0.3, -0.25) is 0 Å². The van der Waals surface area contributed by atoms with Gasteiger partial charge in [-0.1, -0.05) is 13.0 Å². The first-order chi connectivity index (χ1) is 11.3. The summed E-state index contributed by atoms with van der Waals surface area (Å²) in [5.41, 5.74) is 1.44. The molecule has 1 aromatic carbocycles. The number of hydrogen-bond acceptors (Lipinski definition) is 4. The molecule has 2 aromatic rings. The Kier molecular flexibility index (Phi) is 4.50. The van der Waals surface area contributed by atoms with E-state index >= 15 is 0 Å². The number of nitrogens with zero attached hydrogens (tertiary/aromatic N) is 3. The Morgan fingerprint density at radius 3 is 2.79 bits per heavy atom. The van der Waals surface area contributed by atoms with Crippen LogP contribution in [0.5, 0.6) is 0 Å². The molecule has 24 heavy (non-hydrogen) atoms. The van der Waals surface area contributed by atoms with Gasteiger partial charge in [-0.2, -0.15) is 5.10 Å². The summed E-state index contributed by atoms with van der Waals surface area (Å²) in [4.78, 5) is 2.54. The van der Waals surface area contributed by atoms with Gasteiger partial charge in [0.15, 0.2) is 0 Å². The largest absolute Gasteiger partial charge is 0.306 e. The van der Waals surface area contributed by atoms with Gasteiger partial charge in [0.05, 0.1) is 10.6 Å². The molecule has 1 aliphatic heterocycles. The molecule has 130 valence electrons. The van der Waals surface area contributed by atoms with Crippen molar-refractivity contribution in [2.45, 2.75) is 25.2 Å². The molecule has 2 heterocycles. The summed E-state index contributed by atoms with van der Waals surface area (Å²) in [6.07, 6.45) is 4.46. The molecule has 1 atom stereocenters. The van der Waals surface area contributed by atoms with Gasteiger partial charge in [-0.05, 0) is 56.1 Å². The highest BCUT2D eigenvalue weighted by atomic mass is 32.2. The van der Waals surface area contributed by atoms with E-state index in [1.165, 1.54) is 0 Å². The van der Waals surface area contributed by atoms with Crippen molar-refractivity contribution in [2.75, 3.05) is 26.7 Å². The maximum absolute atomic E-state index is 12.8. The lowest BCUT2D eigenvalue weighted by Gasteiger charge is -2.24. The Labute approximate surface area is 143 Å². The average Bonchev–Trinajstić information content (AvgIpc) is 3.16. The normalized spacial score (nSPS) is 22.1. The minimum Gasteiger partial charge on any atom is -0.306 e. The van der Waals surface area contributed by atoms with Crippen LogP contribution < -0.4 is 4.72 Å². The quantitative estimate of drug-likeness (QED) is 0.895. The van der Waals surface area contributed by atoms with Crippen molar-refractivity contribution in [2.24, 2.45) is 5.41 Å². The van der Waals surface area contributed by atoms with E-state index in [0.29, 0.717) is 11.4 Å². The summed E-state index contributed by atoms with van der Waals surface area (Å²) >= 11 is 0. The minimum atomic E-state index is -3.56. The zero-order valence-corrected chi connectivity index (χ0v) is 15.2. The minimum absolute atomic E-state index is 0.0185. The van der Waals surface area contributed by atoms with Gasteiger partial charge < -0.3 is 4.90 Å². The summed E-state index contributed by atoms with van der Waals surface area (Å²) in [5.74, 6) is 0. The van der Waals surface area contributed by atoms with Crippen LogP contribution in [0.4, 0.5) is 0 Å². The third-order valence-electron chi connectivity index (χ3n) is 4.67. The van der Waals surface area contributed by atoms with Crippen LogP contribution in [0, 0.1) is 12.3 Å². The molecule has 3 rings (SSSR count). The average molecular weight is 348 g/mol. The Balaban J connectivity index is 1.83. The molecular weight excluding hydrogens is 324 g/mol. The molecular formula is C17H24N4O2S. The Morgan fingerprint density at radius 2 is 2.17 bits per heavy atom. The van der Waals surface area contributed by atoms with Crippen LogP contribution in [-0.2, 0) is 10.0 Å². The third kappa shape index (κ3) is 3.53. The predicted molar refractivity (Wildman–Crippen MR) is 93.7 cm³/mol. The number of hydrogen-bond donors (Lipinski definition) is 1. The van der Waals surface area contributed by atoms with E-state index in [1.807, 2.05) is 25.1 Å². The smallest absolute Gasteiger partial charge is 0.240 e. The number of aryl methyl sites for hydroxylation is 1. The monoisotopic (exact) mass is 348 g/mol. The molecule has 1 aromatic heterocycles. The zero-order valence-electron chi connectivity index (χ0n) is 14.4. The molecule has 1 aliphatic rings. The highest BCUT2D eigenvalue weighted by molar-refractivity contribution is 7.89. The van der Waals surface area contributed by atoms with Gasteiger partial charge in [0.1, 0.15) is 0 Å². The molecule has 0 bridgehead atoms. The van der Waals surface area contributed by atoms with E-state index < -0.39 is 10.0 Å². The maximum Gasteiger partial charge on any atom is 0.240 e. The topological polar surface area (TPSA) is 67.2 Å². The second kappa shape index (κ2) is 6.31. The fourth-order valence-corrected chi connectivity index (χ4v) is 4.67. The fraction of sp³-hybridized carbons (Fsp3) is 0.471. The molecule has 1 N–H and O–H groups in total. The summed E-state index contributed by atoms with van der Waals surface area (Å²) in [7, 11) is -1.49. The van der Waals surface area contributed by atoms with Crippen molar-refractivity contribution in [3.63, 3.8) is 0 Å². The lowest BCUT2D eigenvalue weighted by atomic mass is 9.90. The molecule has 0 saturated carbocycles. The van der Waals surface area contributed by atoms with Gasteiger partial charge in [0, 0.05) is 25.5 Å². The van der Waals surface area contributed by atoms with Crippen molar-refractivity contribution in [3.05, 3.63) is 42.2 Å². The number of likely N-dealkylation sites (tertiary alicyclic amines) is 1. The van der Waals surface area contributed by atoms with Crippen LogP contribution in [0.15, 0.2) is 41.6 Å². The molecule has 6 nitrogen and oxygen atoms in total. The summed E-state index contributed by atoms with van der Waals surface area (Å²) in [5, 5.41) is 4.16. The van der Waals surface area contributed by atoms with Crippen LogP contribution in [0.2, 0.25) is 0 Å². The maximum atomic E-state index is 12.8. The summed E-state index contributed by atoms with van der Waals surface area (Å²) < 4.78 is 30.1. The third-order valence-corrected chi connectivity index (χ3v) is 6.21. The number of nitrogens with one attached hydrogen (secondary N) is 1. The molecule has 7 heteroatoms. The van der Waals surface area contributed by atoms with Crippen molar-refractivity contribution in [1.82, 2.24) is 19.4 Å². The number of sulfonamides is 1. The summed E-state index contributed by atoms with van der Waals surface area (Å²) in [6.45, 7) is 6.30. The van der Waals surface area contributed by atoms with Crippen LogP contribution in [0.3, 0.4) is 0 Å².